The fraction of sp³-hybridized carbons (Fsp3) is 0.500. The smallest absolute Gasteiger partial charge is 0.223 e. The number of hydrogen-bond donors (Lipinski definition) is 3. The van der Waals surface area contributed by atoms with Gasteiger partial charge in [0.25, 0.3) is 0 Å². The van der Waals surface area contributed by atoms with Crippen LogP contribution in [0.5, 0.6) is 0 Å². The van der Waals surface area contributed by atoms with Gasteiger partial charge >= 0.3 is 0 Å². The van der Waals surface area contributed by atoms with Crippen molar-refractivity contribution in [2.75, 3.05) is 23.3 Å². The van der Waals surface area contributed by atoms with Crippen molar-refractivity contribution in [3.63, 3.8) is 0 Å². The number of nitrogens with one attached hydrogen (secondary N) is 1. The Kier molecular flexibility index (Phi) is 2.89. The van der Waals surface area contributed by atoms with Crippen LogP contribution in [0, 0.1) is 5.92 Å². The summed E-state index contributed by atoms with van der Waals surface area (Å²) in [7, 11) is 0. The summed E-state index contributed by atoms with van der Waals surface area (Å²) in [4.78, 5) is 7.75. The van der Waals surface area contributed by atoms with Crippen molar-refractivity contribution >= 4 is 17.6 Å². The van der Waals surface area contributed by atoms with Gasteiger partial charge in [0.2, 0.25) is 5.95 Å². The van der Waals surface area contributed by atoms with Crippen LogP contribution in [0.1, 0.15) is 13.8 Å². The molecular weight excluding hydrogens is 166 g/mol. The second-order valence-corrected chi connectivity index (χ2v) is 3.31. The monoisotopic (exact) mass is 181 g/mol. The van der Waals surface area contributed by atoms with Gasteiger partial charge in [-0.1, -0.05) is 13.8 Å². The molecule has 0 aromatic carbocycles. The molecule has 0 aliphatic heterocycles. The van der Waals surface area contributed by atoms with Crippen LogP contribution in [-0.2, 0) is 0 Å². The first-order valence-electron chi connectivity index (χ1n) is 4.22. The minimum absolute atomic E-state index is 0.200. The Labute approximate surface area is 77.6 Å². The van der Waals surface area contributed by atoms with E-state index in [1.54, 1.807) is 6.07 Å². The molecule has 0 aliphatic rings. The molecule has 0 amide bonds. The molecule has 0 unspecified atom stereocenters. The maximum Gasteiger partial charge on any atom is 0.223 e. The van der Waals surface area contributed by atoms with E-state index in [1.165, 1.54) is 0 Å². The van der Waals surface area contributed by atoms with Gasteiger partial charge in [0, 0.05) is 12.6 Å². The molecule has 1 rings (SSSR count). The molecule has 0 saturated carbocycles. The summed E-state index contributed by atoms with van der Waals surface area (Å²) in [6.45, 7) is 5.07. The first-order chi connectivity index (χ1) is 6.08. The number of aromatic nitrogens is 2. The number of anilines is 3. The van der Waals surface area contributed by atoms with E-state index in [0.29, 0.717) is 17.6 Å². The lowest BCUT2D eigenvalue weighted by Gasteiger charge is -2.08. The van der Waals surface area contributed by atoms with Gasteiger partial charge in [-0.2, -0.15) is 9.97 Å². The average molecular weight is 181 g/mol. The van der Waals surface area contributed by atoms with Crippen molar-refractivity contribution in [3.8, 4) is 0 Å². The van der Waals surface area contributed by atoms with E-state index in [-0.39, 0.29) is 5.95 Å². The molecule has 1 aromatic rings. The Morgan fingerprint density at radius 2 is 2.08 bits per heavy atom. The Morgan fingerprint density at radius 1 is 1.38 bits per heavy atom. The number of rotatable bonds is 3. The van der Waals surface area contributed by atoms with E-state index in [9.17, 15) is 0 Å². The lowest BCUT2D eigenvalue weighted by molar-refractivity contribution is 0.687. The van der Waals surface area contributed by atoms with Gasteiger partial charge in [-0.15, -0.1) is 0 Å². The summed E-state index contributed by atoms with van der Waals surface area (Å²) in [6, 6.07) is 1.67. The molecule has 72 valence electrons. The van der Waals surface area contributed by atoms with Crippen molar-refractivity contribution in [2.45, 2.75) is 13.8 Å². The topological polar surface area (TPSA) is 89.8 Å². The molecule has 5 nitrogen and oxygen atoms in total. The summed E-state index contributed by atoms with van der Waals surface area (Å²) >= 11 is 0. The van der Waals surface area contributed by atoms with E-state index in [1.807, 2.05) is 0 Å². The molecule has 0 fully saturated rings. The highest BCUT2D eigenvalue weighted by Crippen LogP contribution is 2.09. The SMILES string of the molecule is CC(C)CNc1cc(N)nc(N)n1. The number of nitrogens with zero attached hydrogens (tertiary/aromatic N) is 2. The van der Waals surface area contributed by atoms with Gasteiger partial charge in [-0.25, -0.2) is 0 Å². The van der Waals surface area contributed by atoms with Gasteiger partial charge in [0.1, 0.15) is 11.6 Å². The van der Waals surface area contributed by atoms with Crippen molar-refractivity contribution in [2.24, 2.45) is 5.92 Å². The molecule has 5 N–H and O–H groups in total. The van der Waals surface area contributed by atoms with Crippen LogP contribution in [0.15, 0.2) is 6.07 Å². The van der Waals surface area contributed by atoms with Crippen LogP contribution in [0.4, 0.5) is 17.6 Å². The Balaban J connectivity index is 2.66. The quantitative estimate of drug-likeness (QED) is 0.639. The van der Waals surface area contributed by atoms with E-state index >= 15 is 0 Å². The second-order valence-electron chi connectivity index (χ2n) is 3.31. The van der Waals surface area contributed by atoms with Crippen LogP contribution in [0.2, 0.25) is 0 Å². The molecular formula is C8H15N5. The van der Waals surface area contributed by atoms with Gasteiger partial charge in [0.05, 0.1) is 0 Å². The largest absolute Gasteiger partial charge is 0.383 e. The molecule has 1 aromatic heterocycles. The van der Waals surface area contributed by atoms with Crippen molar-refractivity contribution in [3.05, 3.63) is 6.07 Å². The third-order valence-electron chi connectivity index (χ3n) is 1.45. The van der Waals surface area contributed by atoms with Crippen LogP contribution >= 0.6 is 0 Å². The minimum atomic E-state index is 0.200. The van der Waals surface area contributed by atoms with E-state index < -0.39 is 0 Å². The molecule has 0 bridgehead atoms. The van der Waals surface area contributed by atoms with Gasteiger partial charge in [-0.05, 0) is 5.92 Å². The highest BCUT2D eigenvalue weighted by atomic mass is 15.1. The summed E-state index contributed by atoms with van der Waals surface area (Å²) < 4.78 is 0. The first-order valence-corrected chi connectivity index (χ1v) is 4.22. The highest BCUT2D eigenvalue weighted by Gasteiger charge is 1.99. The van der Waals surface area contributed by atoms with E-state index in [0.717, 1.165) is 6.54 Å². The predicted molar refractivity (Wildman–Crippen MR) is 54.2 cm³/mol. The van der Waals surface area contributed by atoms with Gasteiger partial charge in [-0.3, -0.25) is 0 Å². The van der Waals surface area contributed by atoms with Crippen molar-refractivity contribution in [1.29, 1.82) is 0 Å². The highest BCUT2D eigenvalue weighted by molar-refractivity contribution is 5.48. The van der Waals surface area contributed by atoms with Crippen LogP contribution in [-0.4, -0.2) is 16.5 Å². The van der Waals surface area contributed by atoms with Crippen molar-refractivity contribution in [1.82, 2.24) is 9.97 Å². The first kappa shape index (κ1) is 9.57. The Bertz CT molecular complexity index is 264. The molecule has 0 aliphatic carbocycles. The van der Waals surface area contributed by atoms with Crippen LogP contribution in [0.25, 0.3) is 0 Å². The maximum atomic E-state index is 5.49. The molecule has 1 heterocycles. The standard InChI is InChI=1S/C8H15N5/c1-5(2)4-11-7-3-6(9)12-8(10)13-7/h3,5H,4H2,1-2H3,(H5,9,10,11,12,13). The molecule has 0 saturated heterocycles. The number of nitrogens with two attached hydrogens (primary N) is 2. The Hall–Kier alpha value is -1.52. The summed E-state index contributed by atoms with van der Waals surface area (Å²) in [5.41, 5.74) is 10.9. The molecule has 5 heteroatoms. The summed E-state index contributed by atoms with van der Waals surface area (Å²) in [6.07, 6.45) is 0. The molecule has 0 atom stereocenters. The zero-order valence-corrected chi connectivity index (χ0v) is 7.91. The van der Waals surface area contributed by atoms with Crippen LogP contribution < -0.4 is 16.8 Å². The predicted octanol–water partition coefficient (Wildman–Crippen LogP) is 0.709. The summed E-state index contributed by atoms with van der Waals surface area (Å²) in [5, 5.41) is 3.11. The molecule has 0 spiro atoms. The average Bonchev–Trinajstić information content (AvgIpc) is 1.99. The second kappa shape index (κ2) is 3.93. The molecule has 0 radical (unpaired) electrons. The van der Waals surface area contributed by atoms with Gasteiger partial charge in [0.15, 0.2) is 0 Å². The Morgan fingerprint density at radius 3 is 2.62 bits per heavy atom. The maximum absolute atomic E-state index is 5.49. The lowest BCUT2D eigenvalue weighted by Crippen LogP contribution is -2.11. The zero-order chi connectivity index (χ0) is 9.84. The number of hydrogen-bond acceptors (Lipinski definition) is 5. The fourth-order valence-corrected chi connectivity index (χ4v) is 0.885. The van der Waals surface area contributed by atoms with E-state index in [4.69, 9.17) is 11.5 Å². The van der Waals surface area contributed by atoms with Gasteiger partial charge < -0.3 is 16.8 Å². The third-order valence-corrected chi connectivity index (χ3v) is 1.45. The minimum Gasteiger partial charge on any atom is -0.383 e. The number of nitrogen functional groups attached to an aromatic ring is 2. The lowest BCUT2D eigenvalue weighted by atomic mass is 10.2. The van der Waals surface area contributed by atoms with Crippen molar-refractivity contribution < 1.29 is 0 Å². The summed E-state index contributed by atoms with van der Waals surface area (Å²) in [5.74, 6) is 1.82. The molecule has 13 heavy (non-hydrogen) atoms. The third kappa shape index (κ3) is 3.14. The normalized spacial score (nSPS) is 10.4. The van der Waals surface area contributed by atoms with E-state index in [2.05, 4.69) is 29.1 Å². The fourth-order valence-electron chi connectivity index (χ4n) is 0.885. The van der Waals surface area contributed by atoms with Crippen LogP contribution in [0.3, 0.4) is 0 Å². The zero-order valence-electron chi connectivity index (χ0n) is 7.91.